The molecule has 2 rings (SSSR count). The van der Waals surface area contributed by atoms with Crippen molar-refractivity contribution in [3.63, 3.8) is 0 Å². The van der Waals surface area contributed by atoms with E-state index in [9.17, 15) is 9.50 Å². The van der Waals surface area contributed by atoms with Crippen LogP contribution in [0.3, 0.4) is 0 Å². The Labute approximate surface area is 125 Å². The normalized spacial score (nSPS) is 27.6. The minimum absolute atomic E-state index is 0.0561. The third-order valence-electron chi connectivity index (χ3n) is 4.44. The average Bonchev–Trinajstić information content (AvgIpc) is 2.33. The molecule has 0 unspecified atom stereocenters. The highest BCUT2D eigenvalue weighted by molar-refractivity contribution is 6.31. The summed E-state index contributed by atoms with van der Waals surface area (Å²) in [7, 11) is 0. The fourth-order valence-corrected chi connectivity index (χ4v) is 3.74. The van der Waals surface area contributed by atoms with Gasteiger partial charge in [-0.05, 0) is 38.8 Å². The molecule has 0 saturated heterocycles. The van der Waals surface area contributed by atoms with Crippen LogP contribution in [0.15, 0.2) is 18.2 Å². The maximum Gasteiger partial charge on any atom is 0.127 e. The summed E-state index contributed by atoms with van der Waals surface area (Å²) in [6.45, 7) is 3.85. The van der Waals surface area contributed by atoms with Crippen LogP contribution in [0, 0.1) is 11.7 Å². The SMILES string of the molecule is CC(C)(N)[C@@H]1CCCC[C@@]1(O)Cc1c(F)cccc1Cl. The largest absolute Gasteiger partial charge is 0.389 e. The van der Waals surface area contributed by atoms with Crippen LogP contribution in [0.5, 0.6) is 0 Å². The molecule has 0 aliphatic heterocycles. The third-order valence-corrected chi connectivity index (χ3v) is 4.80. The van der Waals surface area contributed by atoms with Crippen molar-refractivity contribution < 1.29 is 9.50 Å². The maximum absolute atomic E-state index is 14.0. The molecule has 0 heterocycles. The number of aliphatic hydroxyl groups is 1. The summed E-state index contributed by atoms with van der Waals surface area (Å²) < 4.78 is 14.0. The number of benzene rings is 1. The van der Waals surface area contributed by atoms with Crippen molar-refractivity contribution >= 4 is 11.6 Å². The summed E-state index contributed by atoms with van der Waals surface area (Å²) in [5.74, 6) is -0.413. The Balaban J connectivity index is 2.33. The minimum Gasteiger partial charge on any atom is -0.389 e. The Morgan fingerprint density at radius 3 is 2.75 bits per heavy atom. The van der Waals surface area contributed by atoms with Crippen LogP contribution in [0.4, 0.5) is 4.39 Å². The maximum atomic E-state index is 14.0. The van der Waals surface area contributed by atoms with Crippen molar-refractivity contribution in [3.8, 4) is 0 Å². The highest BCUT2D eigenvalue weighted by Gasteiger charge is 2.45. The Morgan fingerprint density at radius 1 is 1.45 bits per heavy atom. The Morgan fingerprint density at radius 2 is 2.15 bits per heavy atom. The van der Waals surface area contributed by atoms with Gasteiger partial charge in [0.1, 0.15) is 5.82 Å². The van der Waals surface area contributed by atoms with E-state index >= 15 is 0 Å². The fourth-order valence-electron chi connectivity index (χ4n) is 3.51. The van der Waals surface area contributed by atoms with Crippen molar-refractivity contribution in [2.75, 3.05) is 0 Å². The van der Waals surface area contributed by atoms with Gasteiger partial charge in [-0.2, -0.15) is 0 Å². The van der Waals surface area contributed by atoms with E-state index in [0.717, 1.165) is 19.3 Å². The number of nitrogens with two attached hydrogens (primary N) is 1. The lowest BCUT2D eigenvalue weighted by Crippen LogP contribution is -2.56. The first-order chi connectivity index (χ1) is 9.24. The van der Waals surface area contributed by atoms with E-state index in [-0.39, 0.29) is 18.2 Å². The molecule has 2 atom stereocenters. The summed E-state index contributed by atoms with van der Waals surface area (Å²) in [6.07, 6.45) is 3.73. The van der Waals surface area contributed by atoms with Gasteiger partial charge in [0.15, 0.2) is 0 Å². The van der Waals surface area contributed by atoms with Gasteiger partial charge in [-0.15, -0.1) is 0 Å². The van der Waals surface area contributed by atoms with E-state index in [1.54, 1.807) is 12.1 Å². The van der Waals surface area contributed by atoms with Gasteiger partial charge in [0, 0.05) is 28.5 Å². The molecule has 1 aliphatic carbocycles. The molecule has 112 valence electrons. The summed E-state index contributed by atoms with van der Waals surface area (Å²) >= 11 is 6.09. The van der Waals surface area contributed by atoms with Gasteiger partial charge >= 0.3 is 0 Å². The number of rotatable bonds is 3. The Kier molecular flexibility index (Phi) is 4.43. The molecule has 0 amide bonds. The second kappa shape index (κ2) is 5.63. The summed E-state index contributed by atoms with van der Waals surface area (Å²) in [6, 6.07) is 4.63. The monoisotopic (exact) mass is 299 g/mol. The minimum atomic E-state index is -0.984. The van der Waals surface area contributed by atoms with Crippen molar-refractivity contribution in [1.82, 2.24) is 0 Å². The van der Waals surface area contributed by atoms with Gasteiger partial charge in [-0.1, -0.05) is 30.5 Å². The fraction of sp³-hybridized carbons (Fsp3) is 0.625. The number of hydrogen-bond acceptors (Lipinski definition) is 2. The molecule has 0 spiro atoms. The molecule has 20 heavy (non-hydrogen) atoms. The molecule has 4 heteroatoms. The number of halogens is 2. The van der Waals surface area contributed by atoms with Crippen molar-refractivity contribution in [1.29, 1.82) is 0 Å². The van der Waals surface area contributed by atoms with Crippen LogP contribution in [-0.4, -0.2) is 16.2 Å². The molecule has 1 aromatic carbocycles. The predicted octanol–water partition coefficient (Wildman–Crippen LogP) is 3.68. The van der Waals surface area contributed by atoms with Gasteiger partial charge in [0.05, 0.1) is 5.60 Å². The standard InChI is InChI=1S/C16H23ClFNO/c1-15(2,19)14-8-3-4-9-16(14,20)10-11-12(17)6-5-7-13(11)18/h5-7,14,20H,3-4,8-10,19H2,1-2H3/t14-,16+/m0/s1. The van der Waals surface area contributed by atoms with E-state index < -0.39 is 11.1 Å². The molecule has 1 fully saturated rings. The summed E-state index contributed by atoms with van der Waals surface area (Å²) in [4.78, 5) is 0. The Bertz CT molecular complexity index is 466. The van der Waals surface area contributed by atoms with Gasteiger partial charge in [0.25, 0.3) is 0 Å². The lowest BCUT2D eigenvalue weighted by Gasteiger charge is -2.47. The topological polar surface area (TPSA) is 46.2 Å². The molecular formula is C16H23ClFNO. The Hall–Kier alpha value is -0.640. The first-order valence-corrected chi connectivity index (χ1v) is 7.56. The van der Waals surface area contributed by atoms with E-state index in [1.165, 1.54) is 6.07 Å². The van der Waals surface area contributed by atoms with E-state index in [1.807, 2.05) is 13.8 Å². The van der Waals surface area contributed by atoms with E-state index in [4.69, 9.17) is 17.3 Å². The predicted molar refractivity (Wildman–Crippen MR) is 80.3 cm³/mol. The molecule has 0 aromatic heterocycles. The quantitative estimate of drug-likeness (QED) is 0.894. The first kappa shape index (κ1) is 15.7. The lowest BCUT2D eigenvalue weighted by molar-refractivity contribution is -0.0721. The molecule has 1 saturated carbocycles. The molecule has 0 bridgehead atoms. The van der Waals surface area contributed by atoms with Crippen molar-refractivity contribution in [2.45, 2.75) is 57.1 Å². The van der Waals surface area contributed by atoms with Gasteiger partial charge in [-0.3, -0.25) is 0 Å². The highest BCUT2D eigenvalue weighted by Crippen LogP contribution is 2.42. The van der Waals surface area contributed by atoms with Crippen LogP contribution >= 0.6 is 11.6 Å². The molecule has 1 aliphatic rings. The summed E-state index contributed by atoms with van der Waals surface area (Å²) in [5, 5.41) is 11.4. The lowest BCUT2D eigenvalue weighted by atomic mass is 9.65. The van der Waals surface area contributed by atoms with Crippen LogP contribution < -0.4 is 5.73 Å². The second-order valence-corrected chi connectivity index (χ2v) is 7.01. The van der Waals surface area contributed by atoms with Crippen LogP contribution in [0.25, 0.3) is 0 Å². The highest BCUT2D eigenvalue weighted by atomic mass is 35.5. The molecular weight excluding hydrogens is 277 g/mol. The summed E-state index contributed by atoms with van der Waals surface area (Å²) in [5.41, 5.74) is 5.15. The zero-order valence-corrected chi connectivity index (χ0v) is 12.9. The molecule has 3 N–H and O–H groups in total. The van der Waals surface area contributed by atoms with Gasteiger partial charge < -0.3 is 10.8 Å². The van der Waals surface area contributed by atoms with Crippen molar-refractivity contribution in [2.24, 2.45) is 11.7 Å². The van der Waals surface area contributed by atoms with Crippen LogP contribution in [0.2, 0.25) is 5.02 Å². The third kappa shape index (κ3) is 3.16. The van der Waals surface area contributed by atoms with Crippen LogP contribution in [0.1, 0.15) is 45.1 Å². The first-order valence-electron chi connectivity index (χ1n) is 7.18. The van der Waals surface area contributed by atoms with E-state index in [0.29, 0.717) is 17.0 Å². The second-order valence-electron chi connectivity index (χ2n) is 6.60. The molecule has 1 aromatic rings. The smallest absolute Gasteiger partial charge is 0.127 e. The van der Waals surface area contributed by atoms with Gasteiger partial charge in [-0.25, -0.2) is 4.39 Å². The van der Waals surface area contributed by atoms with Crippen molar-refractivity contribution in [3.05, 3.63) is 34.6 Å². The zero-order valence-electron chi connectivity index (χ0n) is 12.1. The molecule has 2 nitrogen and oxygen atoms in total. The van der Waals surface area contributed by atoms with E-state index in [2.05, 4.69) is 0 Å². The van der Waals surface area contributed by atoms with Crippen LogP contribution in [-0.2, 0) is 6.42 Å². The number of hydrogen-bond donors (Lipinski definition) is 2. The van der Waals surface area contributed by atoms with Gasteiger partial charge in [0.2, 0.25) is 0 Å². The molecule has 0 radical (unpaired) electrons. The zero-order chi connectivity index (χ0) is 15.0. The average molecular weight is 300 g/mol.